The van der Waals surface area contributed by atoms with Crippen LogP contribution in [-0.4, -0.2) is 29.8 Å². The standard InChI is InChI=1S/C18H25ClN2O2/c1-18(2,10-13-3-5-15(19)6-4-13)11-17(23)21-8-7-14(12-21)9-16(20)22/h3-6,14H,7-12H2,1-2H3,(H2,20,22). The summed E-state index contributed by atoms with van der Waals surface area (Å²) >= 11 is 5.91. The van der Waals surface area contributed by atoms with Gasteiger partial charge in [0.15, 0.2) is 0 Å². The number of amides is 2. The first-order chi connectivity index (χ1) is 10.7. The quantitative estimate of drug-likeness (QED) is 0.867. The van der Waals surface area contributed by atoms with Crippen LogP contribution in [0.15, 0.2) is 24.3 Å². The zero-order valence-electron chi connectivity index (χ0n) is 13.8. The third-order valence-electron chi connectivity index (χ3n) is 4.35. The van der Waals surface area contributed by atoms with Crippen LogP contribution in [0.4, 0.5) is 0 Å². The van der Waals surface area contributed by atoms with Crippen molar-refractivity contribution in [1.29, 1.82) is 0 Å². The minimum atomic E-state index is -0.285. The van der Waals surface area contributed by atoms with Crippen molar-refractivity contribution >= 4 is 23.4 Å². The Morgan fingerprint density at radius 2 is 1.96 bits per heavy atom. The van der Waals surface area contributed by atoms with E-state index in [0.717, 1.165) is 24.4 Å². The second-order valence-electron chi connectivity index (χ2n) is 7.31. The van der Waals surface area contributed by atoms with Crippen LogP contribution in [0.5, 0.6) is 0 Å². The van der Waals surface area contributed by atoms with E-state index < -0.39 is 0 Å². The van der Waals surface area contributed by atoms with E-state index in [2.05, 4.69) is 13.8 Å². The van der Waals surface area contributed by atoms with Crippen molar-refractivity contribution in [3.05, 3.63) is 34.9 Å². The number of likely N-dealkylation sites (tertiary alicyclic amines) is 1. The lowest BCUT2D eigenvalue weighted by molar-refractivity contribution is -0.132. The highest BCUT2D eigenvalue weighted by atomic mass is 35.5. The van der Waals surface area contributed by atoms with Crippen molar-refractivity contribution in [2.24, 2.45) is 17.1 Å². The molecular formula is C18H25ClN2O2. The molecule has 1 atom stereocenters. The van der Waals surface area contributed by atoms with E-state index in [0.29, 0.717) is 19.4 Å². The molecule has 0 bridgehead atoms. The maximum Gasteiger partial charge on any atom is 0.223 e. The molecule has 1 aromatic carbocycles. The molecule has 4 nitrogen and oxygen atoms in total. The van der Waals surface area contributed by atoms with E-state index in [1.54, 1.807) is 0 Å². The van der Waals surface area contributed by atoms with E-state index in [1.165, 1.54) is 5.56 Å². The molecule has 0 aromatic heterocycles. The fourth-order valence-corrected chi connectivity index (χ4v) is 3.37. The summed E-state index contributed by atoms with van der Waals surface area (Å²) in [6.45, 7) is 5.60. The van der Waals surface area contributed by atoms with Gasteiger partial charge in [0.05, 0.1) is 0 Å². The van der Waals surface area contributed by atoms with Crippen molar-refractivity contribution in [1.82, 2.24) is 4.90 Å². The van der Waals surface area contributed by atoms with Crippen LogP contribution < -0.4 is 5.73 Å². The first-order valence-electron chi connectivity index (χ1n) is 8.06. The number of halogens is 1. The van der Waals surface area contributed by atoms with Gasteiger partial charge in [0.1, 0.15) is 0 Å². The highest BCUT2D eigenvalue weighted by molar-refractivity contribution is 6.30. The normalized spacial score (nSPS) is 18.2. The first kappa shape index (κ1) is 17.8. The van der Waals surface area contributed by atoms with Gasteiger partial charge in [0, 0.05) is 31.0 Å². The van der Waals surface area contributed by atoms with E-state index in [-0.39, 0.29) is 23.1 Å². The molecule has 0 spiro atoms. The highest BCUT2D eigenvalue weighted by Gasteiger charge is 2.31. The minimum Gasteiger partial charge on any atom is -0.370 e. The van der Waals surface area contributed by atoms with Crippen LogP contribution >= 0.6 is 11.6 Å². The molecule has 2 rings (SSSR count). The van der Waals surface area contributed by atoms with Crippen molar-refractivity contribution in [3.8, 4) is 0 Å². The van der Waals surface area contributed by atoms with Crippen LogP contribution in [0.2, 0.25) is 5.02 Å². The van der Waals surface area contributed by atoms with E-state index in [4.69, 9.17) is 17.3 Å². The first-order valence-corrected chi connectivity index (χ1v) is 8.43. The number of hydrogen-bond acceptors (Lipinski definition) is 2. The molecule has 23 heavy (non-hydrogen) atoms. The summed E-state index contributed by atoms with van der Waals surface area (Å²) in [4.78, 5) is 25.4. The van der Waals surface area contributed by atoms with Gasteiger partial charge in [-0.25, -0.2) is 0 Å². The summed E-state index contributed by atoms with van der Waals surface area (Å²) in [5.41, 5.74) is 6.30. The number of rotatable bonds is 6. The van der Waals surface area contributed by atoms with Gasteiger partial charge in [0.2, 0.25) is 11.8 Å². The van der Waals surface area contributed by atoms with Crippen LogP contribution in [0.3, 0.4) is 0 Å². The summed E-state index contributed by atoms with van der Waals surface area (Å²) in [5.74, 6) is 0.0964. The minimum absolute atomic E-state index is 0.118. The molecule has 1 aromatic rings. The number of nitrogens with two attached hydrogens (primary N) is 1. The second kappa shape index (κ2) is 7.35. The molecule has 1 aliphatic rings. The van der Waals surface area contributed by atoms with Gasteiger partial charge in [-0.2, -0.15) is 0 Å². The topological polar surface area (TPSA) is 63.4 Å². The predicted octanol–water partition coefficient (Wildman–Crippen LogP) is 3.02. The van der Waals surface area contributed by atoms with Crippen molar-refractivity contribution in [2.45, 2.75) is 39.5 Å². The lowest BCUT2D eigenvalue weighted by Gasteiger charge is -2.27. The van der Waals surface area contributed by atoms with Crippen molar-refractivity contribution in [3.63, 3.8) is 0 Å². The SMILES string of the molecule is CC(C)(CC(=O)N1CCC(CC(N)=O)C1)Cc1ccc(Cl)cc1. The fraction of sp³-hybridized carbons (Fsp3) is 0.556. The Kier molecular flexibility index (Phi) is 5.69. The largest absolute Gasteiger partial charge is 0.370 e. The van der Waals surface area contributed by atoms with Crippen LogP contribution in [0, 0.1) is 11.3 Å². The van der Waals surface area contributed by atoms with Gasteiger partial charge in [-0.3, -0.25) is 9.59 Å². The van der Waals surface area contributed by atoms with Crippen LogP contribution in [0.1, 0.15) is 38.7 Å². The van der Waals surface area contributed by atoms with E-state index in [1.807, 2.05) is 29.2 Å². The van der Waals surface area contributed by atoms with E-state index in [9.17, 15) is 9.59 Å². The predicted molar refractivity (Wildman–Crippen MR) is 92.1 cm³/mol. The Morgan fingerprint density at radius 1 is 1.30 bits per heavy atom. The Bertz CT molecular complexity index is 569. The summed E-state index contributed by atoms with van der Waals surface area (Å²) < 4.78 is 0. The summed E-state index contributed by atoms with van der Waals surface area (Å²) in [5, 5.41) is 0.722. The van der Waals surface area contributed by atoms with Gasteiger partial charge < -0.3 is 10.6 Å². The molecule has 1 heterocycles. The molecule has 2 N–H and O–H groups in total. The number of benzene rings is 1. The average molecular weight is 337 g/mol. The van der Waals surface area contributed by atoms with Gasteiger partial charge in [-0.15, -0.1) is 0 Å². The maximum absolute atomic E-state index is 12.5. The van der Waals surface area contributed by atoms with Gasteiger partial charge >= 0.3 is 0 Å². The second-order valence-corrected chi connectivity index (χ2v) is 7.75. The summed E-state index contributed by atoms with van der Waals surface area (Å²) in [7, 11) is 0. The fourth-order valence-electron chi connectivity index (χ4n) is 3.25. The molecule has 1 fully saturated rings. The van der Waals surface area contributed by atoms with Gasteiger partial charge in [0.25, 0.3) is 0 Å². The molecule has 0 saturated carbocycles. The van der Waals surface area contributed by atoms with Gasteiger partial charge in [-0.1, -0.05) is 37.6 Å². The zero-order chi connectivity index (χ0) is 17.0. The number of primary amides is 1. The Hall–Kier alpha value is -1.55. The average Bonchev–Trinajstić information content (AvgIpc) is 2.88. The zero-order valence-corrected chi connectivity index (χ0v) is 14.6. The molecule has 1 saturated heterocycles. The Morgan fingerprint density at radius 3 is 2.57 bits per heavy atom. The van der Waals surface area contributed by atoms with Crippen LogP contribution in [0.25, 0.3) is 0 Å². The smallest absolute Gasteiger partial charge is 0.223 e. The lowest BCUT2D eigenvalue weighted by Crippen LogP contribution is -2.33. The number of hydrogen-bond donors (Lipinski definition) is 1. The Balaban J connectivity index is 1.88. The lowest BCUT2D eigenvalue weighted by atomic mass is 9.82. The van der Waals surface area contributed by atoms with Crippen LogP contribution in [-0.2, 0) is 16.0 Å². The van der Waals surface area contributed by atoms with Crippen molar-refractivity contribution < 1.29 is 9.59 Å². The number of carbonyl (C=O) groups is 2. The molecule has 1 unspecified atom stereocenters. The summed E-state index contributed by atoms with van der Waals surface area (Å²) in [6.07, 6.45) is 2.57. The Labute approximate surface area is 143 Å². The third kappa shape index (κ3) is 5.54. The summed E-state index contributed by atoms with van der Waals surface area (Å²) in [6, 6.07) is 7.77. The molecular weight excluding hydrogens is 312 g/mol. The molecule has 126 valence electrons. The molecule has 0 aliphatic carbocycles. The molecule has 2 amide bonds. The molecule has 5 heteroatoms. The number of nitrogens with zero attached hydrogens (tertiary/aromatic N) is 1. The number of carbonyl (C=O) groups excluding carboxylic acids is 2. The van der Waals surface area contributed by atoms with Crippen molar-refractivity contribution in [2.75, 3.05) is 13.1 Å². The highest BCUT2D eigenvalue weighted by Crippen LogP contribution is 2.29. The molecule has 0 radical (unpaired) electrons. The van der Waals surface area contributed by atoms with E-state index >= 15 is 0 Å². The monoisotopic (exact) mass is 336 g/mol. The maximum atomic E-state index is 12.5. The van der Waals surface area contributed by atoms with Gasteiger partial charge in [-0.05, 0) is 41.9 Å². The third-order valence-corrected chi connectivity index (χ3v) is 4.61. The molecule has 1 aliphatic heterocycles.